The molecule has 0 aliphatic rings. The third-order valence-electron chi connectivity index (χ3n) is 3.37. The summed E-state index contributed by atoms with van der Waals surface area (Å²) in [6.07, 6.45) is 0.159. The van der Waals surface area contributed by atoms with Crippen LogP contribution >= 0.6 is 12.2 Å². The summed E-state index contributed by atoms with van der Waals surface area (Å²) < 4.78 is 9.76. The van der Waals surface area contributed by atoms with Crippen LogP contribution in [-0.4, -0.2) is 37.5 Å². The molecule has 0 spiro atoms. The average Bonchev–Trinajstić information content (AvgIpc) is 2.74. The molecule has 0 radical (unpaired) electrons. The lowest BCUT2D eigenvalue weighted by Crippen LogP contribution is -2.22. The van der Waals surface area contributed by atoms with E-state index in [0.717, 1.165) is 17.9 Å². The number of aromatic nitrogens is 3. The number of benzene rings is 1. The molecule has 126 valence electrons. The molecule has 0 saturated heterocycles. The Morgan fingerprint density at radius 1 is 1.39 bits per heavy atom. The van der Waals surface area contributed by atoms with Crippen molar-refractivity contribution in [3.63, 3.8) is 0 Å². The van der Waals surface area contributed by atoms with E-state index in [1.165, 1.54) is 0 Å². The largest absolute Gasteiger partial charge is 0.491 e. The van der Waals surface area contributed by atoms with E-state index in [9.17, 15) is 5.11 Å². The van der Waals surface area contributed by atoms with Gasteiger partial charge < -0.3 is 14.4 Å². The number of aliphatic hydroxyl groups excluding tert-OH is 1. The van der Waals surface area contributed by atoms with Crippen molar-refractivity contribution in [1.29, 1.82) is 0 Å². The zero-order valence-electron chi connectivity index (χ0n) is 14.1. The summed E-state index contributed by atoms with van der Waals surface area (Å²) in [7, 11) is 3.81. The molecule has 0 bridgehead atoms. The molecule has 23 heavy (non-hydrogen) atoms. The highest BCUT2D eigenvalue weighted by Gasteiger charge is 2.09. The van der Waals surface area contributed by atoms with Gasteiger partial charge in [-0.2, -0.15) is 5.10 Å². The lowest BCUT2D eigenvalue weighted by atomic mass is 10.2. The van der Waals surface area contributed by atoms with Gasteiger partial charge in [-0.3, -0.25) is 4.90 Å². The van der Waals surface area contributed by atoms with E-state index in [4.69, 9.17) is 17.0 Å². The van der Waals surface area contributed by atoms with E-state index in [1.807, 2.05) is 46.1 Å². The first kappa shape index (κ1) is 17.7. The van der Waals surface area contributed by atoms with Crippen molar-refractivity contribution in [1.82, 2.24) is 19.2 Å². The van der Waals surface area contributed by atoms with Crippen LogP contribution < -0.4 is 4.74 Å². The SMILES string of the molecule is CC(C)Oc1cccc(CN(C)Cn2nc(CO)n(C)c2=S)c1. The molecule has 0 aliphatic heterocycles. The minimum Gasteiger partial charge on any atom is -0.491 e. The highest BCUT2D eigenvalue weighted by atomic mass is 32.1. The second kappa shape index (κ2) is 7.72. The third kappa shape index (κ3) is 4.63. The van der Waals surface area contributed by atoms with Crippen LogP contribution in [0.4, 0.5) is 0 Å². The molecule has 0 saturated carbocycles. The molecule has 0 aliphatic carbocycles. The van der Waals surface area contributed by atoms with Gasteiger partial charge in [-0.1, -0.05) is 12.1 Å². The van der Waals surface area contributed by atoms with Crippen LogP contribution in [0.15, 0.2) is 24.3 Å². The Hall–Kier alpha value is -1.70. The molecular formula is C16H24N4O2S. The molecule has 0 unspecified atom stereocenters. The second-order valence-corrected chi connectivity index (χ2v) is 6.25. The van der Waals surface area contributed by atoms with Gasteiger partial charge in [-0.15, -0.1) is 0 Å². The van der Waals surface area contributed by atoms with Gasteiger partial charge >= 0.3 is 0 Å². The van der Waals surface area contributed by atoms with Crippen molar-refractivity contribution in [2.75, 3.05) is 7.05 Å². The number of hydrogen-bond acceptors (Lipinski definition) is 5. The normalized spacial score (nSPS) is 11.4. The standard InChI is InChI=1S/C16H24N4O2S/c1-12(2)22-14-7-5-6-13(8-14)9-18(3)11-20-16(23)19(4)15(10-21)17-20/h5-8,12,21H,9-11H2,1-4H3. The molecule has 1 N–H and O–H groups in total. The van der Waals surface area contributed by atoms with Gasteiger partial charge in [0.15, 0.2) is 10.6 Å². The zero-order valence-corrected chi connectivity index (χ0v) is 14.9. The summed E-state index contributed by atoms with van der Waals surface area (Å²) in [5.41, 5.74) is 1.16. The first-order valence-electron chi connectivity index (χ1n) is 7.58. The number of hydrogen-bond donors (Lipinski definition) is 1. The molecule has 1 aromatic heterocycles. The summed E-state index contributed by atoms with van der Waals surface area (Å²) >= 11 is 5.34. The average molecular weight is 336 g/mol. The number of ether oxygens (including phenoxy) is 1. The summed E-state index contributed by atoms with van der Waals surface area (Å²) in [5, 5.41) is 13.6. The van der Waals surface area contributed by atoms with Gasteiger partial charge in [0.2, 0.25) is 0 Å². The first-order valence-corrected chi connectivity index (χ1v) is 7.99. The highest BCUT2D eigenvalue weighted by molar-refractivity contribution is 7.71. The molecule has 0 atom stereocenters. The predicted octanol–water partition coefficient (Wildman–Crippen LogP) is 2.32. The van der Waals surface area contributed by atoms with Crippen LogP contribution in [0.2, 0.25) is 0 Å². The fraction of sp³-hybridized carbons (Fsp3) is 0.500. The Labute approximate surface area is 141 Å². The van der Waals surface area contributed by atoms with Crippen LogP contribution in [-0.2, 0) is 26.9 Å². The van der Waals surface area contributed by atoms with E-state index in [-0.39, 0.29) is 12.7 Å². The van der Waals surface area contributed by atoms with Gasteiger partial charge in [-0.25, -0.2) is 4.68 Å². The lowest BCUT2D eigenvalue weighted by molar-refractivity contribution is 0.233. The Kier molecular flexibility index (Phi) is 5.92. The van der Waals surface area contributed by atoms with Gasteiger partial charge in [0.25, 0.3) is 0 Å². The predicted molar refractivity (Wildman–Crippen MR) is 91.6 cm³/mol. The maximum Gasteiger partial charge on any atom is 0.198 e. The van der Waals surface area contributed by atoms with Gasteiger partial charge in [0, 0.05) is 13.6 Å². The first-order chi connectivity index (χ1) is 10.9. The van der Waals surface area contributed by atoms with Crippen LogP contribution in [0.25, 0.3) is 0 Å². The van der Waals surface area contributed by atoms with Crippen molar-refractivity contribution in [3.8, 4) is 5.75 Å². The minimum absolute atomic E-state index is 0.120. The van der Waals surface area contributed by atoms with Crippen LogP contribution in [0.3, 0.4) is 0 Å². The molecule has 7 heteroatoms. The highest BCUT2D eigenvalue weighted by Crippen LogP contribution is 2.16. The second-order valence-electron chi connectivity index (χ2n) is 5.89. The van der Waals surface area contributed by atoms with Crippen molar-refractivity contribution in [2.24, 2.45) is 7.05 Å². The summed E-state index contributed by atoms with van der Waals surface area (Å²) in [6, 6.07) is 8.08. The Bertz CT molecular complexity index is 708. The van der Waals surface area contributed by atoms with E-state index in [0.29, 0.717) is 17.3 Å². The van der Waals surface area contributed by atoms with E-state index in [2.05, 4.69) is 16.1 Å². The fourth-order valence-corrected chi connectivity index (χ4v) is 2.55. The van der Waals surface area contributed by atoms with E-state index in [1.54, 1.807) is 9.25 Å². The minimum atomic E-state index is -0.120. The van der Waals surface area contributed by atoms with Crippen molar-refractivity contribution < 1.29 is 9.84 Å². The molecule has 6 nitrogen and oxygen atoms in total. The summed E-state index contributed by atoms with van der Waals surface area (Å²) in [6.45, 7) is 5.22. The zero-order chi connectivity index (χ0) is 17.0. The monoisotopic (exact) mass is 336 g/mol. The van der Waals surface area contributed by atoms with Gasteiger partial charge in [-0.05, 0) is 50.8 Å². The molecule has 2 rings (SSSR count). The van der Waals surface area contributed by atoms with E-state index >= 15 is 0 Å². The van der Waals surface area contributed by atoms with Crippen LogP contribution in [0.5, 0.6) is 5.75 Å². The third-order valence-corrected chi connectivity index (χ3v) is 3.86. The maximum absolute atomic E-state index is 9.26. The summed E-state index contributed by atoms with van der Waals surface area (Å²) in [4.78, 5) is 2.11. The number of rotatable bonds is 7. The molecule has 1 heterocycles. The fourth-order valence-electron chi connectivity index (χ4n) is 2.34. The summed E-state index contributed by atoms with van der Waals surface area (Å²) in [5.74, 6) is 1.44. The quantitative estimate of drug-likeness (QED) is 0.787. The smallest absolute Gasteiger partial charge is 0.198 e. The topological polar surface area (TPSA) is 55.4 Å². The molecule has 2 aromatic rings. The Morgan fingerprint density at radius 2 is 2.13 bits per heavy atom. The molecule has 0 amide bonds. The van der Waals surface area contributed by atoms with Gasteiger partial charge in [0.1, 0.15) is 12.4 Å². The van der Waals surface area contributed by atoms with Crippen LogP contribution in [0, 0.1) is 4.77 Å². The van der Waals surface area contributed by atoms with Crippen LogP contribution in [0.1, 0.15) is 25.2 Å². The molecule has 1 aromatic carbocycles. The maximum atomic E-state index is 9.26. The van der Waals surface area contributed by atoms with E-state index < -0.39 is 0 Å². The van der Waals surface area contributed by atoms with Gasteiger partial charge in [0.05, 0.1) is 12.8 Å². The Balaban J connectivity index is 2.05. The Morgan fingerprint density at radius 3 is 2.74 bits per heavy atom. The van der Waals surface area contributed by atoms with Crippen molar-refractivity contribution in [3.05, 3.63) is 40.4 Å². The van der Waals surface area contributed by atoms with Crippen molar-refractivity contribution in [2.45, 2.75) is 39.8 Å². The number of nitrogens with zero attached hydrogens (tertiary/aromatic N) is 4. The number of aliphatic hydroxyl groups is 1. The molecule has 0 fully saturated rings. The van der Waals surface area contributed by atoms with Crippen molar-refractivity contribution >= 4 is 12.2 Å². The molecular weight excluding hydrogens is 312 g/mol. The lowest BCUT2D eigenvalue weighted by Gasteiger charge is -2.17.